The Labute approximate surface area is 123 Å². The Kier molecular flexibility index (Phi) is 8.39. The lowest BCUT2D eigenvalue weighted by molar-refractivity contribution is -0.123. The lowest BCUT2D eigenvalue weighted by Gasteiger charge is -2.07. The zero-order chi connectivity index (χ0) is 16.5. The fourth-order valence-corrected chi connectivity index (χ4v) is 1.76. The molecule has 2 amide bonds. The Morgan fingerprint density at radius 2 is 1.14 bits per heavy atom. The summed E-state index contributed by atoms with van der Waals surface area (Å²) in [5, 5.41) is 4.60. The largest absolute Gasteiger partial charge is 0.339 e. The van der Waals surface area contributed by atoms with Crippen LogP contribution in [0.3, 0.4) is 0 Å². The van der Waals surface area contributed by atoms with E-state index in [1.165, 1.54) is 0 Å². The zero-order valence-corrected chi connectivity index (χ0v) is 13.3. The SMILES string of the molecule is CS(=O)(=O)OCCC(=O)NCNC(=O)CCOS(C)(=O)=O. The molecule has 21 heavy (non-hydrogen) atoms. The van der Waals surface area contributed by atoms with E-state index >= 15 is 0 Å². The molecule has 0 aliphatic heterocycles. The van der Waals surface area contributed by atoms with Crippen molar-refractivity contribution < 1.29 is 34.8 Å². The minimum atomic E-state index is -3.59. The molecule has 0 bridgehead atoms. The van der Waals surface area contributed by atoms with Crippen LogP contribution in [0.25, 0.3) is 0 Å². The van der Waals surface area contributed by atoms with Gasteiger partial charge in [-0.2, -0.15) is 16.8 Å². The van der Waals surface area contributed by atoms with Crippen LogP contribution in [-0.2, 0) is 38.2 Å². The molecule has 0 aromatic rings. The van der Waals surface area contributed by atoms with Crippen molar-refractivity contribution in [3.05, 3.63) is 0 Å². The highest BCUT2D eigenvalue weighted by Gasteiger charge is 2.07. The van der Waals surface area contributed by atoms with Gasteiger partial charge >= 0.3 is 0 Å². The maximum Gasteiger partial charge on any atom is 0.264 e. The molecule has 0 aliphatic rings. The molecular formula is C9H18N2O8S2. The second kappa shape index (κ2) is 8.92. The van der Waals surface area contributed by atoms with Gasteiger partial charge in [-0.15, -0.1) is 0 Å². The molecule has 0 heterocycles. The molecule has 10 nitrogen and oxygen atoms in total. The standard InChI is InChI=1S/C9H18N2O8S2/c1-20(14,15)18-5-3-8(12)10-7-11-9(13)4-6-19-21(2,16)17/h3-7H2,1-2H3,(H,10,12)(H,11,13). The Balaban J connectivity index is 3.69. The lowest BCUT2D eigenvalue weighted by atomic mass is 10.4. The molecule has 0 rings (SSSR count). The molecule has 0 saturated carbocycles. The van der Waals surface area contributed by atoms with Gasteiger partial charge in [0.2, 0.25) is 11.8 Å². The molecule has 2 N–H and O–H groups in total. The summed E-state index contributed by atoms with van der Waals surface area (Å²) in [7, 11) is -7.18. The van der Waals surface area contributed by atoms with Crippen molar-refractivity contribution in [1.82, 2.24) is 10.6 Å². The number of hydrogen-bond donors (Lipinski definition) is 2. The van der Waals surface area contributed by atoms with E-state index in [1.807, 2.05) is 0 Å². The maximum absolute atomic E-state index is 11.2. The van der Waals surface area contributed by atoms with Crippen LogP contribution in [0.2, 0.25) is 0 Å². The number of hydrogen-bond acceptors (Lipinski definition) is 8. The van der Waals surface area contributed by atoms with Crippen LogP contribution in [0.15, 0.2) is 0 Å². The third-order valence-corrected chi connectivity index (χ3v) is 3.01. The van der Waals surface area contributed by atoms with Crippen LogP contribution >= 0.6 is 0 Å². The summed E-state index contributed by atoms with van der Waals surface area (Å²) in [6.45, 7) is -0.753. The first-order valence-corrected chi connectivity index (χ1v) is 9.35. The molecule has 0 radical (unpaired) electrons. The van der Waals surface area contributed by atoms with E-state index in [4.69, 9.17) is 0 Å². The highest BCUT2D eigenvalue weighted by Crippen LogP contribution is 1.91. The van der Waals surface area contributed by atoms with E-state index < -0.39 is 32.1 Å². The minimum Gasteiger partial charge on any atom is -0.339 e. The second-order valence-corrected chi connectivity index (χ2v) is 7.22. The summed E-state index contributed by atoms with van der Waals surface area (Å²) in [4.78, 5) is 22.4. The summed E-state index contributed by atoms with van der Waals surface area (Å²) in [6, 6.07) is 0. The van der Waals surface area contributed by atoms with Gasteiger partial charge in [0, 0.05) is 0 Å². The van der Waals surface area contributed by atoms with Gasteiger partial charge in [-0.05, 0) is 0 Å². The average Bonchev–Trinajstić information content (AvgIpc) is 2.25. The first kappa shape index (κ1) is 19.8. The predicted octanol–water partition coefficient (Wildman–Crippen LogP) is -2.09. The monoisotopic (exact) mass is 346 g/mol. The van der Waals surface area contributed by atoms with Crippen molar-refractivity contribution in [2.45, 2.75) is 12.8 Å². The van der Waals surface area contributed by atoms with Crippen molar-refractivity contribution in [2.75, 3.05) is 32.4 Å². The van der Waals surface area contributed by atoms with E-state index in [-0.39, 0.29) is 32.7 Å². The molecule has 0 saturated heterocycles. The lowest BCUT2D eigenvalue weighted by Crippen LogP contribution is -2.38. The highest BCUT2D eigenvalue weighted by molar-refractivity contribution is 7.86. The number of amides is 2. The van der Waals surface area contributed by atoms with E-state index in [1.54, 1.807) is 0 Å². The molecule has 0 fully saturated rings. The van der Waals surface area contributed by atoms with Crippen molar-refractivity contribution in [3.63, 3.8) is 0 Å². The van der Waals surface area contributed by atoms with Gasteiger partial charge in [0.25, 0.3) is 20.2 Å². The molecule has 0 atom stereocenters. The molecule has 0 aromatic carbocycles. The molecule has 124 valence electrons. The van der Waals surface area contributed by atoms with Gasteiger partial charge < -0.3 is 10.6 Å². The minimum absolute atomic E-state index is 0.171. The molecular weight excluding hydrogens is 328 g/mol. The van der Waals surface area contributed by atoms with E-state index in [2.05, 4.69) is 19.0 Å². The zero-order valence-electron chi connectivity index (χ0n) is 11.6. The first-order valence-electron chi connectivity index (χ1n) is 5.72. The van der Waals surface area contributed by atoms with Gasteiger partial charge in [-0.1, -0.05) is 0 Å². The Morgan fingerprint density at radius 3 is 1.43 bits per heavy atom. The summed E-state index contributed by atoms with van der Waals surface area (Å²) >= 11 is 0. The molecule has 12 heteroatoms. The Bertz CT molecular complexity index is 504. The van der Waals surface area contributed by atoms with Gasteiger partial charge in [0.05, 0.1) is 45.2 Å². The predicted molar refractivity (Wildman–Crippen MR) is 72.0 cm³/mol. The molecule has 0 spiro atoms. The topological polar surface area (TPSA) is 145 Å². The van der Waals surface area contributed by atoms with E-state index in [9.17, 15) is 26.4 Å². The van der Waals surface area contributed by atoms with Crippen molar-refractivity contribution in [1.29, 1.82) is 0 Å². The number of nitrogens with one attached hydrogen (secondary N) is 2. The van der Waals surface area contributed by atoms with Crippen molar-refractivity contribution in [2.24, 2.45) is 0 Å². The molecule has 0 unspecified atom stereocenters. The molecule has 0 aliphatic carbocycles. The second-order valence-electron chi connectivity index (χ2n) is 3.93. The van der Waals surface area contributed by atoms with Crippen LogP contribution in [-0.4, -0.2) is 61.0 Å². The molecule has 0 aromatic heterocycles. The Morgan fingerprint density at radius 1 is 0.810 bits per heavy atom. The van der Waals surface area contributed by atoms with Crippen molar-refractivity contribution >= 4 is 32.1 Å². The fourth-order valence-electron chi connectivity index (χ4n) is 0.990. The van der Waals surface area contributed by atoms with Gasteiger partial charge in [-0.3, -0.25) is 18.0 Å². The van der Waals surface area contributed by atoms with Gasteiger partial charge in [-0.25, -0.2) is 0 Å². The quantitative estimate of drug-likeness (QED) is 0.338. The summed E-state index contributed by atoms with van der Waals surface area (Å²) in [6.07, 6.45) is 1.37. The normalized spacial score (nSPS) is 11.9. The summed E-state index contributed by atoms with van der Waals surface area (Å²) < 4.78 is 51.2. The number of carbonyl (C=O) groups excluding carboxylic acids is 2. The average molecular weight is 346 g/mol. The smallest absolute Gasteiger partial charge is 0.264 e. The summed E-state index contributed by atoms with van der Waals surface area (Å²) in [5.74, 6) is -1.02. The van der Waals surface area contributed by atoms with Crippen LogP contribution in [0.5, 0.6) is 0 Å². The van der Waals surface area contributed by atoms with Crippen molar-refractivity contribution in [3.8, 4) is 0 Å². The number of carbonyl (C=O) groups is 2. The first-order chi connectivity index (χ1) is 9.49. The van der Waals surface area contributed by atoms with Gasteiger partial charge in [0.15, 0.2) is 0 Å². The van der Waals surface area contributed by atoms with Crippen LogP contribution in [0.1, 0.15) is 12.8 Å². The Hall–Kier alpha value is -1.24. The number of rotatable bonds is 10. The van der Waals surface area contributed by atoms with E-state index in [0.29, 0.717) is 0 Å². The maximum atomic E-state index is 11.2. The third kappa shape index (κ3) is 15.0. The highest BCUT2D eigenvalue weighted by atomic mass is 32.2. The van der Waals surface area contributed by atoms with Crippen LogP contribution in [0, 0.1) is 0 Å². The fraction of sp³-hybridized carbons (Fsp3) is 0.778. The van der Waals surface area contributed by atoms with Gasteiger partial charge in [0.1, 0.15) is 0 Å². The van der Waals surface area contributed by atoms with Crippen LogP contribution < -0.4 is 10.6 Å². The van der Waals surface area contributed by atoms with E-state index in [0.717, 1.165) is 12.5 Å². The summed E-state index contributed by atoms with van der Waals surface area (Å²) in [5.41, 5.74) is 0. The third-order valence-electron chi connectivity index (χ3n) is 1.82. The van der Waals surface area contributed by atoms with Crippen LogP contribution in [0.4, 0.5) is 0 Å².